The molecule has 0 saturated carbocycles. The Kier molecular flexibility index (Phi) is 1.25. The minimum Gasteiger partial charge on any atom is -0.266 e. The number of nitrogens with one attached hydrogen (secondary N) is 1. The van der Waals surface area contributed by atoms with Gasteiger partial charge in [0.05, 0.1) is 0 Å². The highest BCUT2D eigenvalue weighted by Gasteiger charge is 2.00. The Balaban J connectivity index is 3.02. The fourth-order valence-corrected chi connectivity index (χ4v) is 1.05. The van der Waals surface area contributed by atoms with Crippen molar-refractivity contribution in [2.24, 2.45) is 0 Å². The number of rotatable bonds is 0. The van der Waals surface area contributed by atoms with Gasteiger partial charge in [0.15, 0.2) is 4.73 Å². The second-order valence-electron chi connectivity index (χ2n) is 1.83. The maximum absolute atomic E-state index is 11.0. The number of halogens is 1. The van der Waals surface area contributed by atoms with Crippen LogP contribution in [0.3, 0.4) is 0 Å². The molecule has 0 bridgehead atoms. The lowest BCUT2D eigenvalue weighted by molar-refractivity contribution is 0.845. The summed E-state index contributed by atoms with van der Waals surface area (Å²) in [5, 5.41) is 9.68. The highest BCUT2D eigenvalue weighted by molar-refractivity contribution is 9.10. The van der Waals surface area contributed by atoms with Crippen LogP contribution in [0.1, 0.15) is 0 Å². The predicted molar refractivity (Wildman–Crippen MR) is 39.1 cm³/mol. The third-order valence-electron chi connectivity index (χ3n) is 1.14. The van der Waals surface area contributed by atoms with E-state index in [1.165, 1.54) is 4.52 Å². The zero-order chi connectivity index (χ0) is 7.84. The van der Waals surface area contributed by atoms with E-state index in [9.17, 15) is 4.79 Å². The van der Waals surface area contributed by atoms with Crippen molar-refractivity contribution in [1.82, 2.24) is 24.8 Å². The topological polar surface area (TPSA) is 75.9 Å². The maximum atomic E-state index is 11.0. The summed E-state index contributed by atoms with van der Waals surface area (Å²) < 4.78 is 1.65. The highest BCUT2D eigenvalue weighted by Crippen LogP contribution is 1.99. The molecule has 56 valence electrons. The molecule has 0 aliphatic heterocycles. The molecule has 2 aromatic rings. The van der Waals surface area contributed by atoms with Gasteiger partial charge in [-0.25, -0.2) is 0 Å². The van der Waals surface area contributed by atoms with Crippen LogP contribution in [-0.2, 0) is 0 Å². The first kappa shape index (κ1) is 6.47. The summed E-state index contributed by atoms with van der Waals surface area (Å²) >= 11 is 3.06. The molecule has 0 radical (unpaired) electrons. The molecule has 2 aromatic heterocycles. The molecule has 0 saturated heterocycles. The van der Waals surface area contributed by atoms with Gasteiger partial charge in [0, 0.05) is 0 Å². The van der Waals surface area contributed by atoms with Crippen molar-refractivity contribution < 1.29 is 0 Å². The van der Waals surface area contributed by atoms with Gasteiger partial charge in [-0.05, 0) is 15.9 Å². The van der Waals surface area contributed by atoms with Crippen molar-refractivity contribution in [3.05, 3.63) is 21.3 Å². The molecule has 0 aliphatic carbocycles. The molecule has 7 heteroatoms. The summed E-state index contributed by atoms with van der Waals surface area (Å²) in [6.07, 6.45) is 1.11. The maximum Gasteiger partial charge on any atom is 0.292 e. The molecule has 2 rings (SSSR count). The SMILES string of the molecule is O=c1cnnc2nc(Br)[nH]n12. The quantitative estimate of drug-likeness (QED) is 0.648. The van der Waals surface area contributed by atoms with Crippen molar-refractivity contribution in [3.8, 4) is 0 Å². The van der Waals surface area contributed by atoms with Gasteiger partial charge in [-0.3, -0.25) is 9.89 Å². The normalized spacial score (nSPS) is 10.6. The van der Waals surface area contributed by atoms with E-state index in [-0.39, 0.29) is 11.3 Å². The van der Waals surface area contributed by atoms with Crippen LogP contribution in [0.4, 0.5) is 0 Å². The molecular weight excluding hydrogens is 214 g/mol. The Morgan fingerprint density at radius 3 is 3.18 bits per heavy atom. The molecule has 0 atom stereocenters. The summed E-state index contributed by atoms with van der Waals surface area (Å²) in [5.74, 6) is 0.254. The van der Waals surface area contributed by atoms with Crippen molar-refractivity contribution in [2.45, 2.75) is 0 Å². The van der Waals surface area contributed by atoms with E-state index in [0.717, 1.165) is 6.20 Å². The summed E-state index contributed by atoms with van der Waals surface area (Å²) in [7, 11) is 0. The zero-order valence-corrected chi connectivity index (χ0v) is 6.74. The van der Waals surface area contributed by atoms with E-state index < -0.39 is 0 Å². The zero-order valence-electron chi connectivity index (χ0n) is 5.15. The minimum atomic E-state index is -0.284. The third-order valence-corrected chi connectivity index (χ3v) is 1.49. The second-order valence-corrected chi connectivity index (χ2v) is 2.58. The number of H-pyrrole nitrogens is 1. The number of aromatic amines is 1. The first-order chi connectivity index (χ1) is 5.27. The average molecular weight is 216 g/mol. The number of fused-ring (bicyclic) bond motifs is 1. The number of hydrogen-bond donors (Lipinski definition) is 1. The third kappa shape index (κ3) is 0.929. The summed E-state index contributed by atoms with van der Waals surface area (Å²) in [6.45, 7) is 0. The molecule has 0 fully saturated rings. The molecule has 6 nitrogen and oxygen atoms in total. The van der Waals surface area contributed by atoms with Gasteiger partial charge >= 0.3 is 0 Å². The van der Waals surface area contributed by atoms with Gasteiger partial charge in [0.1, 0.15) is 6.20 Å². The lowest BCUT2D eigenvalue weighted by atomic mass is 10.8. The fraction of sp³-hybridized carbons (Fsp3) is 0. The monoisotopic (exact) mass is 215 g/mol. The van der Waals surface area contributed by atoms with Crippen LogP contribution in [0.5, 0.6) is 0 Å². The van der Waals surface area contributed by atoms with E-state index in [4.69, 9.17) is 0 Å². The average Bonchev–Trinajstić information content (AvgIpc) is 2.31. The van der Waals surface area contributed by atoms with E-state index >= 15 is 0 Å². The Morgan fingerprint density at radius 2 is 2.45 bits per heavy atom. The van der Waals surface area contributed by atoms with Crippen LogP contribution in [0.2, 0.25) is 0 Å². The van der Waals surface area contributed by atoms with E-state index in [1.807, 2.05) is 0 Å². The van der Waals surface area contributed by atoms with E-state index in [2.05, 4.69) is 36.2 Å². The van der Waals surface area contributed by atoms with Gasteiger partial charge in [0.25, 0.3) is 11.3 Å². The Morgan fingerprint density at radius 1 is 1.64 bits per heavy atom. The van der Waals surface area contributed by atoms with Crippen LogP contribution < -0.4 is 5.56 Å². The highest BCUT2D eigenvalue weighted by atomic mass is 79.9. The molecule has 11 heavy (non-hydrogen) atoms. The molecule has 0 amide bonds. The summed E-state index contributed by atoms with van der Waals surface area (Å²) in [5.41, 5.74) is -0.284. The fourth-order valence-electron chi connectivity index (χ4n) is 0.713. The van der Waals surface area contributed by atoms with Gasteiger partial charge in [0.2, 0.25) is 0 Å². The predicted octanol–water partition coefficient (Wildman–Crippen LogP) is -0.425. The van der Waals surface area contributed by atoms with Crippen molar-refractivity contribution in [3.63, 3.8) is 0 Å². The number of hydrogen-bond acceptors (Lipinski definition) is 4. The van der Waals surface area contributed by atoms with Gasteiger partial charge in [-0.2, -0.15) is 9.50 Å². The van der Waals surface area contributed by atoms with Crippen molar-refractivity contribution in [2.75, 3.05) is 0 Å². The lowest BCUT2D eigenvalue weighted by Crippen LogP contribution is -2.14. The van der Waals surface area contributed by atoms with Gasteiger partial charge in [-0.15, -0.1) is 10.2 Å². The molecule has 0 unspecified atom stereocenters. The molecular formula is C4H2BrN5O. The Labute approximate surface area is 68.4 Å². The first-order valence-electron chi connectivity index (χ1n) is 2.73. The van der Waals surface area contributed by atoms with Gasteiger partial charge < -0.3 is 0 Å². The van der Waals surface area contributed by atoms with Gasteiger partial charge in [-0.1, -0.05) is 0 Å². The molecule has 1 N–H and O–H groups in total. The molecule has 2 heterocycles. The largest absolute Gasteiger partial charge is 0.292 e. The summed E-state index contributed by atoms with van der Waals surface area (Å²) in [4.78, 5) is 14.8. The molecule has 0 aliphatic rings. The minimum absolute atomic E-state index is 0.254. The first-order valence-corrected chi connectivity index (χ1v) is 3.52. The van der Waals surface area contributed by atoms with E-state index in [1.54, 1.807) is 0 Å². The molecule has 0 spiro atoms. The van der Waals surface area contributed by atoms with Crippen molar-refractivity contribution in [1.29, 1.82) is 0 Å². The molecule has 0 aromatic carbocycles. The second kappa shape index (κ2) is 2.12. The number of nitrogens with zero attached hydrogens (tertiary/aromatic N) is 4. The summed E-state index contributed by atoms with van der Waals surface area (Å²) in [6, 6.07) is 0. The van der Waals surface area contributed by atoms with Crippen LogP contribution in [-0.4, -0.2) is 24.8 Å². The van der Waals surface area contributed by atoms with Crippen LogP contribution in [0, 0.1) is 0 Å². The van der Waals surface area contributed by atoms with Crippen LogP contribution >= 0.6 is 15.9 Å². The van der Waals surface area contributed by atoms with E-state index in [0.29, 0.717) is 4.73 Å². The Hall–Kier alpha value is -1.24. The van der Waals surface area contributed by atoms with Crippen LogP contribution in [0.15, 0.2) is 15.7 Å². The number of aromatic nitrogens is 5. The smallest absolute Gasteiger partial charge is 0.266 e. The lowest BCUT2D eigenvalue weighted by Gasteiger charge is -1.83. The van der Waals surface area contributed by atoms with Crippen molar-refractivity contribution >= 4 is 21.7 Å². The Bertz CT molecular complexity index is 445. The standard InChI is InChI=1S/C4H2BrN5O/c5-3-7-4-8-6-1-2(11)10(4)9-3/h1H,(H,7,8,9). The van der Waals surface area contributed by atoms with Crippen LogP contribution in [0.25, 0.3) is 5.78 Å².